The molecule has 0 spiro atoms. The fourth-order valence-electron chi connectivity index (χ4n) is 2.68. The van der Waals surface area contributed by atoms with Crippen LogP contribution in [-0.4, -0.2) is 24.0 Å². The number of Topliss-reactive ketones (excluding diaryl/α,β-unsaturated/α-hetero) is 1. The molecule has 2 aliphatic rings. The molecule has 0 saturated carbocycles. The lowest BCUT2D eigenvalue weighted by Crippen LogP contribution is -2.25. The van der Waals surface area contributed by atoms with Gasteiger partial charge >= 0.3 is 11.9 Å². The Morgan fingerprint density at radius 3 is 2.65 bits per heavy atom. The molecule has 0 fully saturated rings. The molecule has 0 aromatic heterocycles. The van der Waals surface area contributed by atoms with Gasteiger partial charge in [0, 0.05) is 46.3 Å². The summed E-state index contributed by atoms with van der Waals surface area (Å²) in [7, 11) is 0. The lowest BCUT2D eigenvalue weighted by molar-refractivity contribution is -0.179. The number of rotatable bonds is 4. The minimum absolute atomic E-state index is 0.0124. The average Bonchev–Trinajstić information content (AvgIpc) is 2.59. The predicted octanol–water partition coefficient (Wildman–Crippen LogP) is 3.50. The highest BCUT2D eigenvalue weighted by atomic mass is 32.2. The third-order valence-electron chi connectivity index (χ3n) is 4.01. The molecule has 3 rings (SSSR count). The first kappa shape index (κ1) is 18.2. The Morgan fingerprint density at radius 2 is 1.92 bits per heavy atom. The van der Waals surface area contributed by atoms with Crippen LogP contribution in [0.25, 0.3) is 0 Å². The van der Waals surface area contributed by atoms with Crippen molar-refractivity contribution in [3.8, 4) is 0 Å². The molecule has 1 aromatic rings. The van der Waals surface area contributed by atoms with Gasteiger partial charge in [0.25, 0.3) is 0 Å². The molecule has 1 heterocycles. The molecule has 1 atom stereocenters. The van der Waals surface area contributed by atoms with E-state index in [2.05, 4.69) is 6.58 Å². The van der Waals surface area contributed by atoms with Crippen molar-refractivity contribution in [2.45, 2.75) is 37.9 Å². The zero-order valence-corrected chi connectivity index (χ0v) is 15.4. The van der Waals surface area contributed by atoms with E-state index in [4.69, 9.17) is 9.47 Å². The van der Waals surface area contributed by atoms with Crippen LogP contribution in [0.1, 0.15) is 25.8 Å². The van der Waals surface area contributed by atoms with Gasteiger partial charge in [0.2, 0.25) is 6.29 Å². The van der Waals surface area contributed by atoms with Crippen LogP contribution in [0.4, 0.5) is 0 Å². The fraction of sp³-hybridized carbons (Fsp3) is 0.250. The van der Waals surface area contributed by atoms with Crippen molar-refractivity contribution in [2.24, 2.45) is 0 Å². The molecule has 5 nitrogen and oxygen atoms in total. The minimum Gasteiger partial charge on any atom is -0.422 e. The molecule has 0 N–H and O–H groups in total. The Bertz CT molecular complexity index is 878. The van der Waals surface area contributed by atoms with Crippen LogP contribution >= 0.6 is 11.8 Å². The average molecular weight is 370 g/mol. The van der Waals surface area contributed by atoms with E-state index >= 15 is 0 Å². The number of benzene rings is 1. The Labute approximate surface area is 155 Å². The molecule has 1 unspecified atom stereocenters. The summed E-state index contributed by atoms with van der Waals surface area (Å²) in [6, 6.07) is 7.89. The van der Waals surface area contributed by atoms with Gasteiger partial charge in [-0.3, -0.25) is 4.79 Å². The number of esters is 2. The standard InChI is InChI=1S/C20H18O5S/c1-11(2)19(22)24-12(3)25-20(23)14-9-16(21)15-8-13-6-4-5-7-17(13)26-18(15)10-14/h4-7,10,12H,1,8-9H2,2-3H3. The van der Waals surface area contributed by atoms with Gasteiger partial charge in [-0.2, -0.15) is 0 Å². The largest absolute Gasteiger partial charge is 0.422 e. The van der Waals surface area contributed by atoms with Crippen molar-refractivity contribution in [3.05, 3.63) is 64.1 Å². The van der Waals surface area contributed by atoms with Crippen LogP contribution in [0.5, 0.6) is 0 Å². The van der Waals surface area contributed by atoms with Crippen molar-refractivity contribution in [3.63, 3.8) is 0 Å². The molecule has 0 amide bonds. The smallest absolute Gasteiger partial charge is 0.337 e. The highest BCUT2D eigenvalue weighted by Gasteiger charge is 2.30. The topological polar surface area (TPSA) is 69.7 Å². The van der Waals surface area contributed by atoms with Gasteiger partial charge in [0.05, 0.1) is 0 Å². The second-order valence-corrected chi connectivity index (χ2v) is 7.24. The SMILES string of the molecule is C=C(C)C(=O)OC(C)OC(=O)C1=CC2=C(Cc3ccccc3S2)C(=O)C1. The third-order valence-corrected chi connectivity index (χ3v) is 5.21. The lowest BCUT2D eigenvalue weighted by atomic mass is 9.92. The molecule has 1 aliphatic carbocycles. The van der Waals surface area contributed by atoms with E-state index in [1.165, 1.54) is 25.6 Å². The molecule has 1 aliphatic heterocycles. The van der Waals surface area contributed by atoms with Gasteiger partial charge in [-0.1, -0.05) is 36.5 Å². The van der Waals surface area contributed by atoms with Gasteiger partial charge in [-0.25, -0.2) is 9.59 Å². The Hall–Kier alpha value is -2.60. The van der Waals surface area contributed by atoms with Crippen LogP contribution in [-0.2, 0) is 30.3 Å². The Morgan fingerprint density at radius 1 is 1.19 bits per heavy atom. The molecule has 6 heteroatoms. The third kappa shape index (κ3) is 3.80. The molecule has 26 heavy (non-hydrogen) atoms. The van der Waals surface area contributed by atoms with Crippen LogP contribution in [0.2, 0.25) is 0 Å². The molecular weight excluding hydrogens is 352 g/mol. The van der Waals surface area contributed by atoms with E-state index in [9.17, 15) is 14.4 Å². The van der Waals surface area contributed by atoms with Crippen LogP contribution in [0.3, 0.4) is 0 Å². The fourth-order valence-corrected chi connectivity index (χ4v) is 3.85. The number of carbonyl (C=O) groups excluding carboxylic acids is 3. The van der Waals surface area contributed by atoms with Crippen molar-refractivity contribution < 1.29 is 23.9 Å². The Kier molecular flexibility index (Phi) is 5.13. The van der Waals surface area contributed by atoms with E-state index < -0.39 is 18.2 Å². The summed E-state index contributed by atoms with van der Waals surface area (Å²) in [6.45, 7) is 6.42. The summed E-state index contributed by atoms with van der Waals surface area (Å²) < 4.78 is 10.1. The number of carbonyl (C=O) groups is 3. The monoisotopic (exact) mass is 370 g/mol. The minimum atomic E-state index is -1.06. The number of fused-ring (bicyclic) bond motifs is 1. The molecule has 0 saturated heterocycles. The first-order valence-electron chi connectivity index (χ1n) is 8.15. The van der Waals surface area contributed by atoms with E-state index in [1.807, 2.05) is 24.3 Å². The normalized spacial score (nSPS) is 16.8. The number of thioether (sulfide) groups is 1. The van der Waals surface area contributed by atoms with Crippen LogP contribution in [0, 0.1) is 0 Å². The molecular formula is C20H18O5S. The van der Waals surface area contributed by atoms with Crippen molar-refractivity contribution in [1.82, 2.24) is 0 Å². The number of hydrogen-bond donors (Lipinski definition) is 0. The van der Waals surface area contributed by atoms with Crippen molar-refractivity contribution >= 4 is 29.5 Å². The van der Waals surface area contributed by atoms with E-state index in [0.717, 1.165) is 20.9 Å². The summed E-state index contributed by atoms with van der Waals surface area (Å²) >= 11 is 1.48. The summed E-state index contributed by atoms with van der Waals surface area (Å²) in [4.78, 5) is 38.2. The molecule has 0 bridgehead atoms. The maximum absolute atomic E-state index is 12.5. The molecule has 1 aromatic carbocycles. The molecule has 0 radical (unpaired) electrons. The summed E-state index contributed by atoms with van der Waals surface area (Å²) in [6.07, 6.45) is 1.20. The van der Waals surface area contributed by atoms with E-state index in [0.29, 0.717) is 6.42 Å². The van der Waals surface area contributed by atoms with Crippen molar-refractivity contribution in [2.75, 3.05) is 0 Å². The maximum Gasteiger partial charge on any atom is 0.337 e. The van der Waals surface area contributed by atoms with Crippen LogP contribution in [0.15, 0.2) is 63.4 Å². The van der Waals surface area contributed by atoms with Gasteiger partial charge in [0.1, 0.15) is 0 Å². The number of allylic oxidation sites excluding steroid dienone is 2. The highest BCUT2D eigenvalue weighted by Crippen LogP contribution is 2.42. The Balaban J connectivity index is 1.74. The first-order chi connectivity index (χ1) is 12.3. The van der Waals surface area contributed by atoms with Crippen molar-refractivity contribution in [1.29, 1.82) is 0 Å². The quantitative estimate of drug-likeness (QED) is 0.459. The summed E-state index contributed by atoms with van der Waals surface area (Å²) in [5.74, 6) is -1.38. The van der Waals surface area contributed by atoms with Crippen LogP contribution < -0.4 is 0 Å². The summed E-state index contributed by atoms with van der Waals surface area (Å²) in [5, 5.41) is 0. The maximum atomic E-state index is 12.5. The second-order valence-electron chi connectivity index (χ2n) is 6.16. The number of hydrogen-bond acceptors (Lipinski definition) is 6. The van der Waals surface area contributed by atoms with E-state index in [-0.39, 0.29) is 23.4 Å². The second kappa shape index (κ2) is 7.33. The number of ketones is 1. The van der Waals surface area contributed by atoms with Gasteiger partial charge in [0.15, 0.2) is 5.78 Å². The zero-order chi connectivity index (χ0) is 18.8. The first-order valence-corrected chi connectivity index (χ1v) is 8.97. The van der Waals surface area contributed by atoms with Gasteiger partial charge in [-0.05, 0) is 24.6 Å². The number of ether oxygens (including phenoxy) is 2. The predicted molar refractivity (Wildman–Crippen MR) is 97.2 cm³/mol. The molecule has 134 valence electrons. The highest BCUT2D eigenvalue weighted by molar-refractivity contribution is 8.03. The summed E-state index contributed by atoms with van der Waals surface area (Å²) in [5.41, 5.74) is 2.32. The van der Waals surface area contributed by atoms with Gasteiger partial charge < -0.3 is 9.47 Å². The van der Waals surface area contributed by atoms with E-state index in [1.54, 1.807) is 6.08 Å². The lowest BCUT2D eigenvalue weighted by Gasteiger charge is -2.24. The zero-order valence-electron chi connectivity index (χ0n) is 14.5. The van der Waals surface area contributed by atoms with Gasteiger partial charge in [-0.15, -0.1) is 0 Å².